The van der Waals surface area contributed by atoms with Crippen molar-refractivity contribution in [1.29, 1.82) is 0 Å². The van der Waals surface area contributed by atoms with E-state index in [1.807, 2.05) is 24.3 Å². The minimum absolute atomic E-state index is 0.136. The lowest BCUT2D eigenvalue weighted by Crippen LogP contribution is -2.09. The van der Waals surface area contributed by atoms with E-state index in [0.29, 0.717) is 0 Å². The van der Waals surface area contributed by atoms with Crippen LogP contribution in [0.5, 0.6) is 5.75 Å². The highest BCUT2D eigenvalue weighted by Crippen LogP contribution is 2.36. The fourth-order valence-corrected chi connectivity index (χ4v) is 3.12. The van der Waals surface area contributed by atoms with Crippen molar-refractivity contribution in [1.82, 2.24) is 0 Å². The molecule has 1 unspecified atom stereocenters. The number of nitrogens with one attached hydrogen (secondary N) is 1. The Kier molecular flexibility index (Phi) is 4.93. The molecule has 1 N–H and O–H groups in total. The smallest absolute Gasteiger partial charge is 0.135 e. The van der Waals surface area contributed by atoms with Crippen molar-refractivity contribution in [3.05, 3.63) is 45.2 Å². The van der Waals surface area contributed by atoms with Crippen molar-refractivity contribution in [2.45, 2.75) is 19.4 Å². The summed E-state index contributed by atoms with van der Waals surface area (Å²) in [5.74, 6) is 1.72. The highest BCUT2D eigenvalue weighted by molar-refractivity contribution is 9.11. The zero-order valence-electron chi connectivity index (χ0n) is 10.7. The molecule has 1 aromatic carbocycles. The molecule has 19 heavy (non-hydrogen) atoms. The van der Waals surface area contributed by atoms with E-state index in [-0.39, 0.29) is 6.04 Å². The Balaban J connectivity index is 2.27. The van der Waals surface area contributed by atoms with Crippen LogP contribution in [0.3, 0.4) is 0 Å². The molecule has 5 heteroatoms. The van der Waals surface area contributed by atoms with Gasteiger partial charge in [0.1, 0.15) is 11.5 Å². The van der Waals surface area contributed by atoms with Gasteiger partial charge in [-0.1, -0.05) is 6.92 Å². The Morgan fingerprint density at radius 2 is 2.11 bits per heavy atom. The quantitative estimate of drug-likeness (QED) is 0.746. The molecule has 0 aliphatic heterocycles. The van der Waals surface area contributed by atoms with Gasteiger partial charge in [0, 0.05) is 10.5 Å². The first-order valence-corrected chi connectivity index (χ1v) is 7.57. The number of methoxy groups -OCH3 is 1. The number of hydrogen-bond donors (Lipinski definition) is 1. The van der Waals surface area contributed by atoms with Gasteiger partial charge < -0.3 is 14.5 Å². The SMILES string of the molecule is CCC(Nc1cc(OC)c(Br)cc1Br)c1ccco1. The van der Waals surface area contributed by atoms with Crippen LogP contribution in [0.25, 0.3) is 0 Å². The number of benzene rings is 1. The second-order valence-corrected chi connectivity index (χ2v) is 5.80. The van der Waals surface area contributed by atoms with Gasteiger partial charge in [0.25, 0.3) is 0 Å². The van der Waals surface area contributed by atoms with E-state index < -0.39 is 0 Å². The molecule has 1 atom stereocenters. The van der Waals surface area contributed by atoms with Gasteiger partial charge in [0.05, 0.1) is 29.6 Å². The Hall–Kier alpha value is -0.940. The summed E-state index contributed by atoms with van der Waals surface area (Å²) >= 11 is 7.01. The third kappa shape index (κ3) is 3.34. The van der Waals surface area contributed by atoms with Gasteiger partial charge >= 0.3 is 0 Å². The van der Waals surface area contributed by atoms with Crippen LogP contribution in [0.4, 0.5) is 5.69 Å². The normalized spacial score (nSPS) is 12.2. The number of halogens is 2. The van der Waals surface area contributed by atoms with Crippen molar-refractivity contribution < 1.29 is 9.15 Å². The van der Waals surface area contributed by atoms with Gasteiger partial charge in [-0.15, -0.1) is 0 Å². The molecule has 1 heterocycles. The Morgan fingerprint density at radius 1 is 1.32 bits per heavy atom. The molecule has 0 amide bonds. The molecule has 102 valence electrons. The Bertz CT molecular complexity index is 541. The molecule has 0 fully saturated rings. The number of furan rings is 1. The van der Waals surface area contributed by atoms with E-state index in [4.69, 9.17) is 9.15 Å². The molecule has 1 aromatic heterocycles. The lowest BCUT2D eigenvalue weighted by molar-refractivity contribution is 0.412. The monoisotopic (exact) mass is 387 g/mol. The van der Waals surface area contributed by atoms with E-state index in [9.17, 15) is 0 Å². The summed E-state index contributed by atoms with van der Waals surface area (Å²) in [7, 11) is 1.65. The second-order valence-electron chi connectivity index (χ2n) is 4.09. The van der Waals surface area contributed by atoms with Gasteiger partial charge in [-0.05, 0) is 56.5 Å². The first-order chi connectivity index (χ1) is 9.15. The van der Waals surface area contributed by atoms with Gasteiger partial charge in [-0.25, -0.2) is 0 Å². The molecule has 0 saturated carbocycles. The number of ether oxygens (including phenoxy) is 1. The van der Waals surface area contributed by atoms with Gasteiger partial charge in [-0.3, -0.25) is 0 Å². The van der Waals surface area contributed by atoms with E-state index >= 15 is 0 Å². The lowest BCUT2D eigenvalue weighted by Gasteiger charge is -2.18. The topological polar surface area (TPSA) is 34.4 Å². The van der Waals surface area contributed by atoms with E-state index in [0.717, 1.165) is 32.6 Å². The first-order valence-electron chi connectivity index (χ1n) is 5.98. The summed E-state index contributed by atoms with van der Waals surface area (Å²) in [4.78, 5) is 0. The van der Waals surface area contributed by atoms with Crippen LogP contribution in [0.1, 0.15) is 25.1 Å². The molecule has 3 nitrogen and oxygen atoms in total. The summed E-state index contributed by atoms with van der Waals surface area (Å²) in [6, 6.07) is 7.94. The lowest BCUT2D eigenvalue weighted by atomic mass is 10.1. The predicted octanol–water partition coefficient (Wildman–Crippen LogP) is 5.38. The van der Waals surface area contributed by atoms with E-state index in [1.54, 1.807) is 13.4 Å². The molecule has 0 bridgehead atoms. The fourth-order valence-electron chi connectivity index (χ4n) is 1.85. The largest absolute Gasteiger partial charge is 0.495 e. The summed E-state index contributed by atoms with van der Waals surface area (Å²) in [5, 5.41) is 3.46. The number of rotatable bonds is 5. The van der Waals surface area contributed by atoms with Crippen LogP contribution >= 0.6 is 31.9 Å². The average molecular weight is 389 g/mol. The second kappa shape index (κ2) is 6.48. The van der Waals surface area contributed by atoms with E-state index in [2.05, 4.69) is 44.1 Å². The highest BCUT2D eigenvalue weighted by atomic mass is 79.9. The maximum atomic E-state index is 5.46. The van der Waals surface area contributed by atoms with Crippen molar-refractivity contribution in [3.63, 3.8) is 0 Å². The standard InChI is InChI=1S/C14H15Br2NO2/c1-3-11(13-5-4-6-19-13)17-12-8-14(18-2)10(16)7-9(12)15/h4-8,11,17H,3H2,1-2H3. The molecule has 0 saturated heterocycles. The van der Waals surface area contributed by atoms with Crippen LogP contribution in [-0.2, 0) is 0 Å². The molecule has 2 rings (SSSR count). The van der Waals surface area contributed by atoms with Gasteiger partial charge in [0.15, 0.2) is 0 Å². The molecular weight excluding hydrogens is 374 g/mol. The minimum atomic E-state index is 0.136. The van der Waals surface area contributed by atoms with Crippen LogP contribution < -0.4 is 10.1 Å². The van der Waals surface area contributed by atoms with Crippen LogP contribution in [-0.4, -0.2) is 7.11 Å². The maximum absolute atomic E-state index is 5.46. The molecule has 0 spiro atoms. The number of hydrogen-bond acceptors (Lipinski definition) is 3. The van der Waals surface area contributed by atoms with E-state index in [1.165, 1.54) is 0 Å². The average Bonchev–Trinajstić information content (AvgIpc) is 2.92. The van der Waals surface area contributed by atoms with Crippen LogP contribution in [0, 0.1) is 0 Å². The van der Waals surface area contributed by atoms with Crippen molar-refractivity contribution in [3.8, 4) is 5.75 Å². The summed E-state index contributed by atoms with van der Waals surface area (Å²) in [5.41, 5.74) is 0.975. The summed E-state index contributed by atoms with van der Waals surface area (Å²) < 4.78 is 12.7. The third-order valence-electron chi connectivity index (χ3n) is 2.87. The zero-order valence-corrected chi connectivity index (χ0v) is 13.9. The Morgan fingerprint density at radius 3 is 2.68 bits per heavy atom. The van der Waals surface area contributed by atoms with Crippen molar-refractivity contribution >= 4 is 37.5 Å². The first kappa shape index (κ1) is 14.5. The molecule has 2 aromatic rings. The molecule has 0 radical (unpaired) electrons. The van der Waals surface area contributed by atoms with Gasteiger partial charge in [0.2, 0.25) is 0 Å². The zero-order chi connectivity index (χ0) is 13.8. The highest BCUT2D eigenvalue weighted by Gasteiger charge is 2.15. The minimum Gasteiger partial charge on any atom is -0.495 e. The summed E-state index contributed by atoms with van der Waals surface area (Å²) in [6.07, 6.45) is 2.62. The molecular formula is C14H15Br2NO2. The summed E-state index contributed by atoms with van der Waals surface area (Å²) in [6.45, 7) is 2.12. The molecule has 0 aliphatic rings. The third-order valence-corrected chi connectivity index (χ3v) is 4.14. The predicted molar refractivity (Wildman–Crippen MR) is 83.8 cm³/mol. The molecule has 0 aliphatic carbocycles. The van der Waals surface area contributed by atoms with Crippen LogP contribution in [0.2, 0.25) is 0 Å². The van der Waals surface area contributed by atoms with Gasteiger partial charge in [-0.2, -0.15) is 0 Å². The van der Waals surface area contributed by atoms with Crippen molar-refractivity contribution in [2.75, 3.05) is 12.4 Å². The Labute approximate surface area is 129 Å². The van der Waals surface area contributed by atoms with Crippen molar-refractivity contribution in [2.24, 2.45) is 0 Å². The van der Waals surface area contributed by atoms with Crippen LogP contribution in [0.15, 0.2) is 43.9 Å². The number of anilines is 1. The fraction of sp³-hybridized carbons (Fsp3) is 0.286. The maximum Gasteiger partial charge on any atom is 0.135 e.